The lowest BCUT2D eigenvalue weighted by molar-refractivity contribution is -0.121. The van der Waals surface area contributed by atoms with E-state index in [0.29, 0.717) is 22.6 Å². The van der Waals surface area contributed by atoms with Crippen LogP contribution in [-0.4, -0.2) is 66.9 Å². The quantitative estimate of drug-likeness (QED) is 0.158. The Bertz CT molecular complexity index is 1090. The predicted octanol–water partition coefficient (Wildman–Crippen LogP) is 2.13. The third-order valence-electron chi connectivity index (χ3n) is 4.34. The number of guanidine groups is 2. The van der Waals surface area contributed by atoms with Gasteiger partial charge in [-0.2, -0.15) is 4.99 Å². The van der Waals surface area contributed by atoms with E-state index in [4.69, 9.17) is 26.4 Å². The van der Waals surface area contributed by atoms with Crippen molar-refractivity contribution in [1.29, 1.82) is 5.41 Å². The molecule has 0 radical (unpaired) electrons. The first kappa shape index (κ1) is 29.2. The molecule has 0 atom stereocenters. The molecule has 2 aromatic rings. The molecule has 0 bridgehead atoms. The Kier molecular flexibility index (Phi) is 11.7. The zero-order chi connectivity index (χ0) is 27.3. The number of phenolic OH excluding ortho intramolecular Hbond substituents is 2. The van der Waals surface area contributed by atoms with Gasteiger partial charge in [-0.15, -0.1) is 0 Å². The Morgan fingerprint density at radius 1 is 0.917 bits per heavy atom. The highest BCUT2D eigenvalue weighted by molar-refractivity contribution is 6.10. The number of aliphatic imine (C=N–C) groups is 1. The molecule has 0 saturated heterocycles. The van der Waals surface area contributed by atoms with Crippen molar-refractivity contribution in [2.75, 3.05) is 28.3 Å². The zero-order valence-electron chi connectivity index (χ0n) is 20.6. The molecule has 0 fully saturated rings. The molecule has 0 heterocycles. The highest BCUT2D eigenvalue weighted by atomic mass is 16.5. The van der Waals surface area contributed by atoms with E-state index in [2.05, 4.69) is 4.99 Å². The number of hydrogen-bond donors (Lipinski definition) is 5. The van der Waals surface area contributed by atoms with Gasteiger partial charge in [0.2, 0.25) is 5.96 Å². The summed E-state index contributed by atoms with van der Waals surface area (Å²) in [6.45, 7) is 0. The summed E-state index contributed by atoms with van der Waals surface area (Å²) < 4.78 is 10.00. The van der Waals surface area contributed by atoms with Crippen molar-refractivity contribution in [3.63, 3.8) is 0 Å². The van der Waals surface area contributed by atoms with Crippen LogP contribution in [0.25, 0.3) is 12.2 Å². The summed E-state index contributed by atoms with van der Waals surface area (Å²) in [6, 6.07) is 9.34. The standard InChI is InChI=1S/C21H20O6.C4H11N5/c1-26-20-11-14(5-9-18(20)24)3-7-16(22)13-17(23)8-4-15-6-10-19(25)21(12-15)27-2;1-9(2)4(7)8-3(5)6/h3-12,24-25H,13H2,1-2H3;1-2H3,(H5,5,6,7,8)/b7-3+,8-4+;. The molecular formula is C25H31N5O6. The van der Waals surface area contributed by atoms with Gasteiger partial charge in [0, 0.05) is 14.1 Å². The van der Waals surface area contributed by atoms with Gasteiger partial charge in [-0.25, -0.2) is 0 Å². The molecule has 192 valence electrons. The number of phenols is 2. The number of benzene rings is 2. The molecule has 0 amide bonds. The summed E-state index contributed by atoms with van der Waals surface area (Å²) in [5.74, 6) is -0.121. The summed E-state index contributed by atoms with van der Waals surface area (Å²) in [6.07, 6.45) is 5.44. The first-order valence-electron chi connectivity index (χ1n) is 10.5. The van der Waals surface area contributed by atoms with Gasteiger partial charge in [0.25, 0.3) is 0 Å². The Labute approximate surface area is 209 Å². The number of rotatable bonds is 8. The second-order valence-electron chi connectivity index (χ2n) is 7.39. The number of methoxy groups -OCH3 is 2. The van der Waals surface area contributed by atoms with Crippen LogP contribution in [0.15, 0.2) is 53.5 Å². The van der Waals surface area contributed by atoms with E-state index in [1.807, 2.05) is 0 Å². The number of nitrogens with one attached hydrogen (secondary N) is 1. The van der Waals surface area contributed by atoms with Crippen LogP contribution >= 0.6 is 0 Å². The lowest BCUT2D eigenvalue weighted by Gasteiger charge is -2.07. The molecule has 0 saturated carbocycles. The SMILES string of the molecule is CN(C)C(=N)N=C(N)N.COc1cc(/C=C/C(=O)CC(=O)/C=C/c2ccc(O)c(OC)c2)ccc1O. The second-order valence-corrected chi connectivity index (χ2v) is 7.39. The van der Waals surface area contributed by atoms with Crippen molar-refractivity contribution < 1.29 is 29.3 Å². The number of ether oxygens (including phenoxy) is 2. The van der Waals surface area contributed by atoms with Gasteiger partial charge in [0.15, 0.2) is 40.5 Å². The minimum absolute atomic E-state index is 0.00662. The van der Waals surface area contributed by atoms with E-state index in [9.17, 15) is 19.8 Å². The second kappa shape index (κ2) is 14.5. The lowest BCUT2D eigenvalue weighted by atomic mass is 10.1. The molecule has 2 rings (SSSR count). The van der Waals surface area contributed by atoms with Gasteiger partial charge < -0.3 is 36.1 Å². The smallest absolute Gasteiger partial charge is 0.220 e. The molecule has 11 heteroatoms. The van der Waals surface area contributed by atoms with Gasteiger partial charge >= 0.3 is 0 Å². The highest BCUT2D eigenvalue weighted by Crippen LogP contribution is 2.27. The van der Waals surface area contributed by atoms with E-state index >= 15 is 0 Å². The van der Waals surface area contributed by atoms with Crippen LogP contribution in [0.3, 0.4) is 0 Å². The van der Waals surface area contributed by atoms with Crippen molar-refractivity contribution >= 4 is 35.6 Å². The molecule has 0 aliphatic rings. The normalized spacial score (nSPS) is 10.3. The predicted molar refractivity (Wildman–Crippen MR) is 139 cm³/mol. The minimum Gasteiger partial charge on any atom is -0.504 e. The summed E-state index contributed by atoms with van der Waals surface area (Å²) in [7, 11) is 6.24. The summed E-state index contributed by atoms with van der Waals surface area (Å²) in [5, 5.41) is 26.1. The molecule has 0 aromatic heterocycles. The number of hydrogen-bond acceptors (Lipinski definition) is 7. The van der Waals surface area contributed by atoms with Gasteiger partial charge in [-0.1, -0.05) is 24.3 Å². The van der Waals surface area contributed by atoms with Crippen LogP contribution in [0.5, 0.6) is 23.0 Å². The fraction of sp³-hybridized carbons (Fsp3) is 0.200. The first-order chi connectivity index (χ1) is 17.0. The lowest BCUT2D eigenvalue weighted by Crippen LogP contribution is -2.28. The van der Waals surface area contributed by atoms with Crippen LogP contribution in [0.4, 0.5) is 0 Å². The Hall–Kier alpha value is -4.80. The van der Waals surface area contributed by atoms with Crippen LogP contribution in [-0.2, 0) is 9.59 Å². The fourth-order valence-corrected chi connectivity index (χ4v) is 2.49. The Morgan fingerprint density at radius 2 is 1.33 bits per heavy atom. The van der Waals surface area contributed by atoms with E-state index < -0.39 is 0 Å². The molecule has 0 aliphatic heterocycles. The zero-order valence-corrected chi connectivity index (χ0v) is 20.6. The van der Waals surface area contributed by atoms with E-state index in [1.165, 1.54) is 43.4 Å². The number of carbonyl (C=O) groups is 2. The molecule has 2 aromatic carbocycles. The number of aromatic hydroxyl groups is 2. The third kappa shape index (κ3) is 10.4. The summed E-state index contributed by atoms with van der Waals surface area (Å²) in [5.41, 5.74) is 11.3. The van der Waals surface area contributed by atoms with Gasteiger partial charge in [0.05, 0.1) is 20.6 Å². The number of carbonyl (C=O) groups excluding carboxylic acids is 2. The largest absolute Gasteiger partial charge is 0.504 e. The average molecular weight is 498 g/mol. The minimum atomic E-state index is -0.347. The maximum atomic E-state index is 11.9. The van der Waals surface area contributed by atoms with Crippen molar-refractivity contribution in [3.8, 4) is 23.0 Å². The molecule has 0 unspecified atom stereocenters. The maximum absolute atomic E-state index is 11.9. The summed E-state index contributed by atoms with van der Waals surface area (Å²) >= 11 is 0. The molecular weight excluding hydrogens is 466 g/mol. The van der Waals surface area contributed by atoms with E-state index in [0.717, 1.165) is 0 Å². The van der Waals surface area contributed by atoms with Crippen molar-refractivity contribution in [3.05, 3.63) is 59.7 Å². The number of nitrogens with two attached hydrogens (primary N) is 2. The van der Waals surface area contributed by atoms with Gasteiger partial charge in [0.1, 0.15) is 0 Å². The molecule has 7 N–H and O–H groups in total. The van der Waals surface area contributed by atoms with Crippen LogP contribution in [0.1, 0.15) is 17.5 Å². The third-order valence-corrected chi connectivity index (χ3v) is 4.34. The maximum Gasteiger partial charge on any atom is 0.220 e. The number of nitrogens with zero attached hydrogens (tertiary/aromatic N) is 2. The number of ketones is 2. The molecule has 36 heavy (non-hydrogen) atoms. The van der Waals surface area contributed by atoms with Gasteiger partial charge in [-0.3, -0.25) is 15.0 Å². The highest BCUT2D eigenvalue weighted by Gasteiger charge is 2.06. The van der Waals surface area contributed by atoms with Crippen LogP contribution < -0.4 is 20.9 Å². The van der Waals surface area contributed by atoms with Crippen LogP contribution in [0.2, 0.25) is 0 Å². The van der Waals surface area contributed by atoms with Crippen molar-refractivity contribution in [2.24, 2.45) is 16.5 Å². The van der Waals surface area contributed by atoms with Crippen LogP contribution in [0, 0.1) is 5.41 Å². The topological polar surface area (TPSA) is 185 Å². The van der Waals surface area contributed by atoms with Crippen molar-refractivity contribution in [1.82, 2.24) is 4.90 Å². The number of allylic oxidation sites excluding steroid dienone is 2. The van der Waals surface area contributed by atoms with E-state index in [-0.39, 0.29) is 41.4 Å². The monoisotopic (exact) mass is 497 g/mol. The van der Waals surface area contributed by atoms with Crippen molar-refractivity contribution in [2.45, 2.75) is 6.42 Å². The first-order valence-corrected chi connectivity index (χ1v) is 10.5. The molecule has 0 aliphatic carbocycles. The van der Waals surface area contributed by atoms with Gasteiger partial charge in [-0.05, 0) is 47.5 Å². The molecule has 11 nitrogen and oxygen atoms in total. The van der Waals surface area contributed by atoms with E-state index in [1.54, 1.807) is 50.5 Å². The summed E-state index contributed by atoms with van der Waals surface area (Å²) in [4.78, 5) is 28.8. The average Bonchev–Trinajstić information content (AvgIpc) is 2.83. The molecule has 0 spiro atoms. The Balaban J connectivity index is 0.000000613. The Morgan fingerprint density at radius 3 is 1.64 bits per heavy atom. The fourth-order valence-electron chi connectivity index (χ4n) is 2.49.